The van der Waals surface area contributed by atoms with Crippen molar-refractivity contribution in [3.63, 3.8) is 0 Å². The zero-order chi connectivity index (χ0) is 24.7. The van der Waals surface area contributed by atoms with Gasteiger partial charge in [-0.05, 0) is 25.7 Å². The molecule has 2 saturated heterocycles. The molecule has 4 N–H and O–H groups in total. The summed E-state index contributed by atoms with van der Waals surface area (Å²) >= 11 is 0. The maximum absolute atomic E-state index is 11.5. The molecule has 5 heterocycles. The average Bonchev–Trinajstić information content (AvgIpc) is 3.57. The third-order valence-corrected chi connectivity index (χ3v) is 6.86. The van der Waals surface area contributed by atoms with E-state index in [4.69, 9.17) is 9.26 Å². The van der Waals surface area contributed by atoms with Crippen LogP contribution in [0.4, 0.5) is 10.6 Å². The van der Waals surface area contributed by atoms with Crippen LogP contribution in [0.3, 0.4) is 0 Å². The second-order valence-corrected chi connectivity index (χ2v) is 8.95. The third kappa shape index (κ3) is 4.19. The number of nitrogens with one attached hydrogen (secondary N) is 1. The number of piperidine rings is 1. The van der Waals surface area contributed by atoms with Crippen molar-refractivity contribution < 1.29 is 29.4 Å². The van der Waals surface area contributed by atoms with Gasteiger partial charge in [0, 0.05) is 24.7 Å². The lowest BCUT2D eigenvalue weighted by molar-refractivity contribution is -0.0434. The summed E-state index contributed by atoms with van der Waals surface area (Å²) in [4.78, 5) is 26.1. The van der Waals surface area contributed by atoms with Crippen molar-refractivity contribution in [1.82, 2.24) is 29.6 Å². The number of carboxylic acid groups (broad SMARTS) is 1. The molecule has 2 unspecified atom stereocenters. The molecule has 3 aromatic heterocycles. The molecule has 1 amide bonds. The van der Waals surface area contributed by atoms with Crippen molar-refractivity contribution in [3.8, 4) is 0 Å². The van der Waals surface area contributed by atoms with E-state index in [1.54, 1.807) is 10.6 Å². The van der Waals surface area contributed by atoms with E-state index in [0.29, 0.717) is 48.5 Å². The number of likely N-dealkylation sites (tertiary alicyclic amines) is 1. The molecule has 2 aliphatic rings. The van der Waals surface area contributed by atoms with Crippen molar-refractivity contribution in [1.29, 1.82) is 0 Å². The van der Waals surface area contributed by atoms with Crippen molar-refractivity contribution in [2.45, 2.75) is 76.2 Å². The number of anilines is 1. The topological polar surface area (TPSA) is 172 Å². The smallest absolute Gasteiger partial charge is 0.407 e. The molecule has 0 spiro atoms. The van der Waals surface area contributed by atoms with Gasteiger partial charge in [-0.15, -0.1) is 0 Å². The number of rotatable bonds is 6. The molecule has 2 fully saturated rings. The second-order valence-electron chi connectivity index (χ2n) is 8.95. The Morgan fingerprint density at radius 3 is 2.77 bits per heavy atom. The number of amides is 1. The van der Waals surface area contributed by atoms with Gasteiger partial charge in [-0.25, -0.2) is 19.7 Å². The lowest BCUT2D eigenvalue weighted by Gasteiger charge is -2.37. The molecule has 0 aromatic carbocycles. The van der Waals surface area contributed by atoms with Crippen LogP contribution >= 0.6 is 0 Å². The van der Waals surface area contributed by atoms with E-state index in [2.05, 4.69) is 25.4 Å². The van der Waals surface area contributed by atoms with Crippen LogP contribution in [-0.2, 0) is 11.2 Å². The number of aliphatic hydroxyl groups excluding tert-OH is 2. The fourth-order valence-corrected chi connectivity index (χ4v) is 4.91. The average molecular weight is 488 g/mol. The zero-order valence-corrected chi connectivity index (χ0v) is 19.5. The fraction of sp³-hybridized carbons (Fsp3) is 0.591. The third-order valence-electron chi connectivity index (χ3n) is 6.86. The van der Waals surface area contributed by atoms with Crippen molar-refractivity contribution in [3.05, 3.63) is 30.2 Å². The molecule has 0 radical (unpaired) electrons. The maximum atomic E-state index is 11.5. The van der Waals surface area contributed by atoms with Gasteiger partial charge >= 0.3 is 6.09 Å². The standard InChI is InChI=1S/C22H29N7O6/c1-3-11-8-14(35-27-11)18-16(30)17(31)21(34-18)29-10-25-15-19(23-9-24-20(15)29)26-12-5-6-28(22(32)33)13(4-2)7-12/h8-10,12-13,16-18,21,30-31H,3-7H2,1-2H3,(H,32,33)(H,23,24,26)/t12?,13?,16-,17+,18+,21+/m0/s1. The van der Waals surface area contributed by atoms with Crippen LogP contribution in [0, 0.1) is 0 Å². The van der Waals surface area contributed by atoms with E-state index in [0.717, 1.165) is 12.1 Å². The minimum atomic E-state index is -1.25. The van der Waals surface area contributed by atoms with E-state index < -0.39 is 30.6 Å². The molecular formula is C22H29N7O6. The molecule has 13 nitrogen and oxygen atoms in total. The summed E-state index contributed by atoms with van der Waals surface area (Å²) in [6, 6.07) is 1.66. The minimum Gasteiger partial charge on any atom is -0.465 e. The quantitative estimate of drug-likeness (QED) is 0.399. The van der Waals surface area contributed by atoms with Crippen LogP contribution in [0.15, 0.2) is 23.2 Å². The molecule has 0 aliphatic carbocycles. The van der Waals surface area contributed by atoms with Gasteiger partial charge < -0.3 is 34.8 Å². The first-order valence-corrected chi connectivity index (χ1v) is 11.8. The molecule has 0 saturated carbocycles. The summed E-state index contributed by atoms with van der Waals surface area (Å²) in [5, 5.41) is 38.1. The molecule has 6 atom stereocenters. The largest absolute Gasteiger partial charge is 0.465 e. The maximum Gasteiger partial charge on any atom is 0.407 e. The number of nitrogens with zero attached hydrogens (tertiary/aromatic N) is 6. The van der Waals surface area contributed by atoms with Gasteiger partial charge in [-0.2, -0.15) is 0 Å². The van der Waals surface area contributed by atoms with Crippen molar-refractivity contribution in [2.75, 3.05) is 11.9 Å². The lowest BCUT2D eigenvalue weighted by atomic mass is 9.95. The van der Waals surface area contributed by atoms with Gasteiger partial charge in [-0.3, -0.25) is 4.57 Å². The van der Waals surface area contributed by atoms with Crippen molar-refractivity contribution >= 4 is 23.1 Å². The predicted octanol–water partition coefficient (Wildman–Crippen LogP) is 1.70. The zero-order valence-electron chi connectivity index (χ0n) is 19.5. The van der Waals surface area contributed by atoms with Crippen LogP contribution < -0.4 is 5.32 Å². The second kappa shape index (κ2) is 9.40. The van der Waals surface area contributed by atoms with Gasteiger partial charge in [0.25, 0.3) is 0 Å². The summed E-state index contributed by atoms with van der Waals surface area (Å²) < 4.78 is 12.9. The Hall–Kier alpha value is -3.29. The van der Waals surface area contributed by atoms with Gasteiger partial charge in [0.2, 0.25) is 0 Å². The molecule has 2 aliphatic heterocycles. The Kier molecular flexibility index (Phi) is 6.30. The highest BCUT2D eigenvalue weighted by Crippen LogP contribution is 2.40. The Balaban J connectivity index is 1.37. The lowest BCUT2D eigenvalue weighted by Crippen LogP contribution is -2.48. The summed E-state index contributed by atoms with van der Waals surface area (Å²) in [7, 11) is 0. The van der Waals surface area contributed by atoms with E-state index in [1.807, 2.05) is 13.8 Å². The molecule has 0 bridgehead atoms. The summed E-state index contributed by atoms with van der Waals surface area (Å²) in [5.41, 5.74) is 1.65. The molecule has 3 aromatic rings. The number of ether oxygens (including phenoxy) is 1. The van der Waals surface area contributed by atoms with Crippen LogP contribution in [0.25, 0.3) is 11.2 Å². The van der Waals surface area contributed by atoms with E-state index >= 15 is 0 Å². The molecule has 13 heteroatoms. The van der Waals surface area contributed by atoms with Gasteiger partial charge in [0.15, 0.2) is 29.0 Å². The first-order valence-electron chi connectivity index (χ1n) is 11.8. The van der Waals surface area contributed by atoms with Crippen LogP contribution in [0.5, 0.6) is 0 Å². The molecular weight excluding hydrogens is 458 g/mol. The van der Waals surface area contributed by atoms with Crippen molar-refractivity contribution in [2.24, 2.45) is 0 Å². The highest BCUT2D eigenvalue weighted by atomic mass is 16.6. The first kappa shape index (κ1) is 23.5. The molecule has 35 heavy (non-hydrogen) atoms. The molecule has 5 rings (SSSR count). The fourth-order valence-electron chi connectivity index (χ4n) is 4.91. The SMILES string of the molecule is CCc1cc([C@H]2O[C@@H](n3cnc4c(NC5CCN(C(=O)O)C(CC)C5)ncnc43)[C@H](O)[C@@H]2O)on1. The Bertz CT molecular complexity index is 1200. The Morgan fingerprint density at radius 2 is 2.06 bits per heavy atom. The number of aliphatic hydroxyl groups is 2. The Morgan fingerprint density at radius 1 is 1.23 bits per heavy atom. The normalized spacial score (nSPS) is 29.1. The van der Waals surface area contributed by atoms with E-state index in [1.165, 1.54) is 17.6 Å². The number of carbonyl (C=O) groups is 1. The predicted molar refractivity (Wildman–Crippen MR) is 122 cm³/mol. The number of imidazole rings is 1. The molecule has 188 valence electrons. The van der Waals surface area contributed by atoms with Crippen LogP contribution in [0.1, 0.15) is 56.9 Å². The Labute approximate surface area is 200 Å². The van der Waals surface area contributed by atoms with Gasteiger partial charge in [-0.1, -0.05) is 19.0 Å². The highest BCUT2D eigenvalue weighted by molar-refractivity contribution is 5.82. The van der Waals surface area contributed by atoms with Gasteiger partial charge in [0.05, 0.1) is 12.0 Å². The monoisotopic (exact) mass is 487 g/mol. The first-order chi connectivity index (χ1) is 16.9. The summed E-state index contributed by atoms with van der Waals surface area (Å²) in [5.74, 6) is 0.861. The van der Waals surface area contributed by atoms with Gasteiger partial charge in [0.1, 0.15) is 24.6 Å². The number of hydrogen-bond donors (Lipinski definition) is 4. The number of fused-ring (bicyclic) bond motifs is 1. The minimum absolute atomic E-state index is 0.0255. The highest BCUT2D eigenvalue weighted by Gasteiger charge is 2.47. The number of aryl methyl sites for hydroxylation is 1. The number of hydrogen-bond acceptors (Lipinski definition) is 10. The van der Waals surface area contributed by atoms with E-state index in [9.17, 15) is 20.1 Å². The summed E-state index contributed by atoms with van der Waals surface area (Å²) in [6.07, 6.45) is 0.393. The van der Waals surface area contributed by atoms with Crippen LogP contribution in [0.2, 0.25) is 0 Å². The van der Waals surface area contributed by atoms with Crippen LogP contribution in [-0.4, -0.2) is 81.8 Å². The van der Waals surface area contributed by atoms with E-state index in [-0.39, 0.29) is 12.1 Å². The summed E-state index contributed by atoms with van der Waals surface area (Å²) in [6.45, 7) is 4.35. The number of aromatic nitrogens is 5.